The van der Waals surface area contributed by atoms with Gasteiger partial charge < -0.3 is 30.0 Å². The van der Waals surface area contributed by atoms with E-state index in [1.165, 1.54) is 0 Å². The zero-order valence-electron chi connectivity index (χ0n) is 20.4. The number of hydrogen-bond donors (Lipinski definition) is 2. The molecule has 4 N–H and O–H groups in total. The van der Waals surface area contributed by atoms with Crippen LogP contribution >= 0.6 is 0 Å². The molecule has 0 aliphatic carbocycles. The van der Waals surface area contributed by atoms with E-state index in [2.05, 4.69) is 21.4 Å². The smallest absolute Gasteiger partial charge is 0.282 e. The van der Waals surface area contributed by atoms with Crippen molar-refractivity contribution in [1.29, 1.82) is 0 Å². The Balaban J connectivity index is 2.03. The van der Waals surface area contributed by atoms with Gasteiger partial charge in [-0.15, -0.1) is 5.10 Å². The molecule has 0 aliphatic heterocycles. The Bertz CT molecular complexity index is 1120. The highest BCUT2D eigenvalue weighted by Crippen LogP contribution is 2.40. The van der Waals surface area contributed by atoms with Gasteiger partial charge >= 0.3 is 0 Å². The van der Waals surface area contributed by atoms with Gasteiger partial charge in [0.15, 0.2) is 17.5 Å². The van der Waals surface area contributed by atoms with E-state index < -0.39 is 0 Å². The average Bonchev–Trinajstić information content (AvgIpc) is 3.36. The molecule has 0 saturated carbocycles. The molecular weight excluding hydrogens is 438 g/mol. The van der Waals surface area contributed by atoms with Gasteiger partial charge in [0.05, 0.1) is 51.7 Å². The van der Waals surface area contributed by atoms with E-state index in [-0.39, 0.29) is 17.9 Å². The summed E-state index contributed by atoms with van der Waals surface area (Å²) in [4.78, 5) is 12.8. The molecule has 0 bridgehead atoms. The molecule has 2 aromatic carbocycles. The molecule has 10 heteroatoms. The summed E-state index contributed by atoms with van der Waals surface area (Å²) in [5.74, 6) is 2.00. The highest BCUT2D eigenvalue weighted by Gasteiger charge is 2.25. The maximum absolute atomic E-state index is 12.8. The number of aromatic nitrogens is 3. The lowest BCUT2D eigenvalue weighted by Gasteiger charge is -2.17. The topological polar surface area (TPSA) is 124 Å². The van der Waals surface area contributed by atoms with E-state index in [4.69, 9.17) is 18.9 Å². The van der Waals surface area contributed by atoms with Crippen LogP contribution in [0.2, 0.25) is 0 Å². The van der Waals surface area contributed by atoms with Gasteiger partial charge in [-0.2, -0.15) is 0 Å². The molecule has 0 aliphatic rings. The molecule has 1 amide bonds. The first-order valence-corrected chi connectivity index (χ1v) is 10.9. The third-order valence-corrected chi connectivity index (χ3v) is 5.86. The number of amides is 1. The number of carbonyl (C=O) groups excluding carboxylic acids is 1. The Labute approximate surface area is 198 Å². The quantitative estimate of drug-likeness (QED) is 0.467. The van der Waals surface area contributed by atoms with Crippen LogP contribution in [0.15, 0.2) is 36.5 Å². The van der Waals surface area contributed by atoms with Gasteiger partial charge in [-0.1, -0.05) is 19.1 Å². The van der Waals surface area contributed by atoms with E-state index in [0.29, 0.717) is 40.1 Å². The lowest BCUT2D eigenvalue weighted by molar-refractivity contribution is -0.414. The Kier molecular flexibility index (Phi) is 7.95. The second kappa shape index (κ2) is 10.9. The van der Waals surface area contributed by atoms with Crippen molar-refractivity contribution in [3.05, 3.63) is 36.5 Å². The molecule has 0 radical (unpaired) electrons. The zero-order valence-corrected chi connectivity index (χ0v) is 20.4. The van der Waals surface area contributed by atoms with Crippen molar-refractivity contribution in [1.82, 2.24) is 15.0 Å². The van der Waals surface area contributed by atoms with Crippen LogP contribution in [0, 0.1) is 5.92 Å². The summed E-state index contributed by atoms with van der Waals surface area (Å²) in [7, 11) is 6.21. The largest absolute Gasteiger partial charge is 0.495 e. The zero-order chi connectivity index (χ0) is 24.8. The van der Waals surface area contributed by atoms with Crippen molar-refractivity contribution in [2.24, 2.45) is 5.92 Å². The number of benzene rings is 2. The first kappa shape index (κ1) is 24.8. The molecule has 182 valence electrons. The Morgan fingerprint density at radius 2 is 1.68 bits per heavy atom. The predicted octanol–water partition coefficient (Wildman–Crippen LogP) is 2.56. The maximum atomic E-state index is 12.8. The number of hydrogen-bond acceptors (Lipinski definition) is 7. The minimum Gasteiger partial charge on any atom is -0.495 e. The molecule has 10 nitrogen and oxygen atoms in total. The molecule has 2 unspecified atom stereocenters. The van der Waals surface area contributed by atoms with Gasteiger partial charge in [-0.05, 0) is 24.6 Å². The van der Waals surface area contributed by atoms with Crippen molar-refractivity contribution in [2.75, 3.05) is 33.8 Å². The molecule has 0 fully saturated rings. The summed E-state index contributed by atoms with van der Waals surface area (Å²) in [5, 5.41) is 11.3. The van der Waals surface area contributed by atoms with E-state index in [1.807, 2.05) is 26.0 Å². The third kappa shape index (κ3) is 4.91. The van der Waals surface area contributed by atoms with E-state index >= 15 is 0 Å². The molecule has 3 rings (SSSR count). The molecular formula is C24H32N5O5+. The van der Waals surface area contributed by atoms with Crippen LogP contribution in [0.3, 0.4) is 0 Å². The highest BCUT2D eigenvalue weighted by atomic mass is 16.5. The molecule has 0 saturated heterocycles. The summed E-state index contributed by atoms with van der Waals surface area (Å²) in [6.45, 7) is 4.04. The SMILES string of the molecule is CCC(C)C([NH3+])C(=O)Nc1cc(-c2cnnn2-c2cc(OC)c(OC)c(OC)c2)ccc1OC. The summed E-state index contributed by atoms with van der Waals surface area (Å²) in [5.41, 5.74) is 6.70. The molecule has 1 heterocycles. The van der Waals surface area contributed by atoms with Crippen LogP contribution in [0.4, 0.5) is 5.69 Å². The summed E-state index contributed by atoms with van der Waals surface area (Å²) in [6, 6.07) is 8.67. The van der Waals surface area contributed by atoms with Gasteiger partial charge in [0.1, 0.15) is 5.75 Å². The van der Waals surface area contributed by atoms with Crippen molar-refractivity contribution >= 4 is 11.6 Å². The Morgan fingerprint density at radius 1 is 1.03 bits per heavy atom. The first-order chi connectivity index (χ1) is 16.4. The number of quaternary nitrogens is 1. The number of methoxy groups -OCH3 is 4. The second-order valence-corrected chi connectivity index (χ2v) is 7.81. The fourth-order valence-electron chi connectivity index (χ4n) is 3.55. The van der Waals surface area contributed by atoms with E-state index in [0.717, 1.165) is 12.0 Å². The number of ether oxygens (including phenoxy) is 4. The van der Waals surface area contributed by atoms with Crippen LogP contribution in [0.25, 0.3) is 16.9 Å². The van der Waals surface area contributed by atoms with Crippen LogP contribution in [0.5, 0.6) is 23.0 Å². The first-order valence-electron chi connectivity index (χ1n) is 10.9. The minimum atomic E-state index is -0.384. The summed E-state index contributed by atoms with van der Waals surface area (Å²) >= 11 is 0. The second-order valence-electron chi connectivity index (χ2n) is 7.81. The van der Waals surface area contributed by atoms with Crippen molar-refractivity contribution in [3.8, 4) is 39.9 Å². The lowest BCUT2D eigenvalue weighted by Crippen LogP contribution is -2.69. The Morgan fingerprint density at radius 3 is 2.24 bits per heavy atom. The normalized spacial score (nSPS) is 12.6. The molecule has 34 heavy (non-hydrogen) atoms. The lowest BCUT2D eigenvalue weighted by atomic mass is 9.99. The van der Waals surface area contributed by atoms with Crippen LogP contribution < -0.4 is 30.0 Å². The number of nitrogens with one attached hydrogen (secondary N) is 1. The van der Waals surface area contributed by atoms with Crippen molar-refractivity contribution < 1.29 is 29.5 Å². The standard InChI is InChI=1S/C24H31N5O5/c1-7-14(2)22(25)24(30)27-17-10-15(8-9-19(17)31-3)18-13-26-28-29(18)16-11-20(32-4)23(34-6)21(12-16)33-5/h8-14,22H,7,25H2,1-6H3,(H,27,30)/p+1. The van der Waals surface area contributed by atoms with Crippen LogP contribution in [-0.2, 0) is 4.79 Å². The predicted molar refractivity (Wildman–Crippen MR) is 128 cm³/mol. The van der Waals surface area contributed by atoms with Gasteiger partial charge in [0, 0.05) is 23.6 Å². The summed E-state index contributed by atoms with van der Waals surface area (Å²) in [6.07, 6.45) is 2.50. The van der Waals surface area contributed by atoms with Crippen molar-refractivity contribution in [2.45, 2.75) is 26.3 Å². The Hall–Kier alpha value is -3.79. The van der Waals surface area contributed by atoms with Gasteiger partial charge in [0.2, 0.25) is 5.75 Å². The van der Waals surface area contributed by atoms with Crippen LogP contribution in [-0.4, -0.2) is 55.4 Å². The average molecular weight is 471 g/mol. The van der Waals surface area contributed by atoms with Crippen LogP contribution in [0.1, 0.15) is 20.3 Å². The molecule has 1 aromatic heterocycles. The highest BCUT2D eigenvalue weighted by molar-refractivity contribution is 5.96. The fraction of sp³-hybridized carbons (Fsp3) is 0.375. The van der Waals surface area contributed by atoms with Gasteiger partial charge in [0.25, 0.3) is 5.91 Å². The maximum Gasteiger partial charge on any atom is 0.282 e. The van der Waals surface area contributed by atoms with E-state index in [1.54, 1.807) is 57.5 Å². The number of rotatable bonds is 10. The monoisotopic (exact) mass is 470 g/mol. The molecule has 0 spiro atoms. The molecule has 2 atom stereocenters. The van der Waals surface area contributed by atoms with Crippen molar-refractivity contribution in [3.63, 3.8) is 0 Å². The number of nitrogens with zero attached hydrogens (tertiary/aromatic N) is 3. The fourth-order valence-corrected chi connectivity index (χ4v) is 3.55. The van der Waals surface area contributed by atoms with Gasteiger partial charge in [-0.3, -0.25) is 4.79 Å². The number of carbonyl (C=O) groups is 1. The third-order valence-electron chi connectivity index (χ3n) is 5.86. The minimum absolute atomic E-state index is 0.153. The van der Waals surface area contributed by atoms with Gasteiger partial charge in [-0.25, -0.2) is 4.68 Å². The number of anilines is 1. The summed E-state index contributed by atoms with van der Waals surface area (Å²) < 4.78 is 23.5. The van der Waals surface area contributed by atoms with E-state index in [9.17, 15) is 4.79 Å². The molecule has 3 aromatic rings.